The third kappa shape index (κ3) is 3.28. The van der Waals surface area contributed by atoms with E-state index >= 15 is 0 Å². The standard InChI is InChI=1S/C16H19NO4S/c1-4-21-16(19)14-11(2)17(7-8-20-3)15(18)13(14)10-12-6-5-9-22-12/h5-6,9-10H,4,7-8H2,1-3H3/b13-10-. The summed E-state index contributed by atoms with van der Waals surface area (Å²) in [4.78, 5) is 27.3. The Bertz CT molecular complexity index is 616. The SMILES string of the molecule is CCOC(=O)C1=C(C)N(CCOC)C(=O)/C1=C\c1cccs1. The van der Waals surface area contributed by atoms with E-state index in [9.17, 15) is 9.59 Å². The molecule has 1 aliphatic heterocycles. The number of hydrogen-bond acceptors (Lipinski definition) is 5. The molecule has 0 bridgehead atoms. The van der Waals surface area contributed by atoms with Crippen LogP contribution in [0, 0.1) is 0 Å². The molecule has 2 rings (SSSR count). The number of thiophene rings is 1. The average molecular weight is 321 g/mol. The van der Waals surface area contributed by atoms with Crippen molar-refractivity contribution in [1.29, 1.82) is 0 Å². The number of nitrogens with zero attached hydrogens (tertiary/aromatic N) is 1. The lowest BCUT2D eigenvalue weighted by molar-refractivity contribution is -0.138. The van der Waals surface area contributed by atoms with Gasteiger partial charge in [-0.15, -0.1) is 11.3 Å². The third-order valence-corrected chi connectivity index (χ3v) is 4.16. The number of methoxy groups -OCH3 is 1. The molecule has 6 heteroatoms. The Morgan fingerprint density at radius 3 is 2.82 bits per heavy atom. The van der Waals surface area contributed by atoms with Crippen molar-refractivity contribution in [2.75, 3.05) is 26.9 Å². The molecule has 1 aromatic rings. The summed E-state index contributed by atoms with van der Waals surface area (Å²) in [5.74, 6) is -0.651. The summed E-state index contributed by atoms with van der Waals surface area (Å²) in [6, 6.07) is 3.81. The topological polar surface area (TPSA) is 55.8 Å². The molecule has 0 aliphatic carbocycles. The van der Waals surface area contributed by atoms with Gasteiger partial charge in [-0.1, -0.05) is 6.07 Å². The van der Waals surface area contributed by atoms with Gasteiger partial charge in [0.1, 0.15) is 0 Å². The second-order valence-electron chi connectivity index (χ2n) is 4.70. The normalized spacial score (nSPS) is 16.8. The van der Waals surface area contributed by atoms with Gasteiger partial charge in [-0.2, -0.15) is 0 Å². The van der Waals surface area contributed by atoms with Gasteiger partial charge in [0, 0.05) is 24.2 Å². The molecule has 0 unspecified atom stereocenters. The van der Waals surface area contributed by atoms with Crippen LogP contribution in [0.2, 0.25) is 0 Å². The number of allylic oxidation sites excluding steroid dienone is 1. The van der Waals surface area contributed by atoms with Crippen LogP contribution in [0.5, 0.6) is 0 Å². The van der Waals surface area contributed by atoms with Gasteiger partial charge in [0.05, 0.1) is 24.4 Å². The first-order valence-electron chi connectivity index (χ1n) is 7.04. The predicted octanol–water partition coefficient (Wildman–Crippen LogP) is 2.46. The zero-order valence-corrected chi connectivity index (χ0v) is 13.7. The Labute approximate surface area is 133 Å². The monoisotopic (exact) mass is 321 g/mol. The summed E-state index contributed by atoms with van der Waals surface area (Å²) in [7, 11) is 1.58. The molecule has 0 fully saturated rings. The highest BCUT2D eigenvalue weighted by Crippen LogP contribution is 2.32. The van der Waals surface area contributed by atoms with Crippen LogP contribution in [-0.4, -0.2) is 43.6 Å². The Balaban J connectivity index is 2.41. The second-order valence-corrected chi connectivity index (χ2v) is 5.68. The zero-order chi connectivity index (χ0) is 16.1. The van der Waals surface area contributed by atoms with Crippen molar-refractivity contribution >= 4 is 29.3 Å². The first kappa shape index (κ1) is 16.5. The van der Waals surface area contributed by atoms with Crippen molar-refractivity contribution in [1.82, 2.24) is 4.90 Å². The maximum absolute atomic E-state index is 12.6. The molecular formula is C16H19NO4S. The largest absolute Gasteiger partial charge is 0.462 e. The van der Waals surface area contributed by atoms with Gasteiger partial charge < -0.3 is 14.4 Å². The number of hydrogen-bond donors (Lipinski definition) is 0. The first-order valence-corrected chi connectivity index (χ1v) is 7.92. The van der Waals surface area contributed by atoms with E-state index in [2.05, 4.69) is 0 Å². The molecule has 0 saturated heterocycles. The molecule has 1 aromatic heterocycles. The molecule has 22 heavy (non-hydrogen) atoms. The number of carbonyl (C=O) groups is 2. The van der Waals surface area contributed by atoms with Crippen molar-refractivity contribution in [2.45, 2.75) is 13.8 Å². The highest BCUT2D eigenvalue weighted by atomic mass is 32.1. The number of amides is 1. The molecule has 1 amide bonds. The van der Waals surface area contributed by atoms with Crippen LogP contribution in [0.15, 0.2) is 34.4 Å². The smallest absolute Gasteiger partial charge is 0.340 e. The van der Waals surface area contributed by atoms with Gasteiger partial charge in [0.25, 0.3) is 5.91 Å². The maximum atomic E-state index is 12.6. The second kappa shape index (κ2) is 7.38. The van der Waals surface area contributed by atoms with Crippen LogP contribution >= 0.6 is 11.3 Å². The Hall–Kier alpha value is -1.92. The molecular weight excluding hydrogens is 302 g/mol. The number of rotatable bonds is 6. The van der Waals surface area contributed by atoms with Crippen molar-refractivity contribution < 1.29 is 19.1 Å². The molecule has 0 saturated carbocycles. The zero-order valence-electron chi connectivity index (χ0n) is 12.9. The summed E-state index contributed by atoms with van der Waals surface area (Å²) in [5, 5.41) is 1.93. The van der Waals surface area contributed by atoms with Gasteiger partial charge in [-0.3, -0.25) is 4.79 Å². The van der Waals surface area contributed by atoms with E-state index in [-0.39, 0.29) is 12.5 Å². The van der Waals surface area contributed by atoms with Crippen molar-refractivity contribution in [3.8, 4) is 0 Å². The van der Waals surface area contributed by atoms with Crippen LogP contribution in [0.25, 0.3) is 6.08 Å². The minimum absolute atomic E-state index is 0.189. The Morgan fingerprint density at radius 2 is 2.23 bits per heavy atom. The Morgan fingerprint density at radius 1 is 1.45 bits per heavy atom. The minimum atomic E-state index is -0.462. The molecule has 0 N–H and O–H groups in total. The van der Waals surface area contributed by atoms with Crippen LogP contribution in [0.4, 0.5) is 0 Å². The lowest BCUT2D eigenvalue weighted by Crippen LogP contribution is -2.28. The highest BCUT2D eigenvalue weighted by Gasteiger charge is 2.36. The van der Waals surface area contributed by atoms with Crippen LogP contribution in [0.3, 0.4) is 0 Å². The molecule has 5 nitrogen and oxygen atoms in total. The molecule has 0 atom stereocenters. The Kier molecular flexibility index (Phi) is 5.51. The van der Waals surface area contributed by atoms with Gasteiger partial charge in [0.2, 0.25) is 0 Å². The summed E-state index contributed by atoms with van der Waals surface area (Å²) >= 11 is 1.51. The summed E-state index contributed by atoms with van der Waals surface area (Å²) in [5.41, 5.74) is 1.34. The molecule has 0 aromatic carbocycles. The third-order valence-electron chi connectivity index (χ3n) is 3.34. The summed E-state index contributed by atoms with van der Waals surface area (Å²) < 4.78 is 10.1. The molecule has 1 aliphatic rings. The van der Waals surface area contributed by atoms with Gasteiger partial charge in [-0.05, 0) is 31.4 Å². The van der Waals surface area contributed by atoms with Crippen molar-refractivity contribution in [3.63, 3.8) is 0 Å². The van der Waals surface area contributed by atoms with E-state index in [1.807, 2.05) is 17.5 Å². The fourth-order valence-electron chi connectivity index (χ4n) is 2.30. The number of esters is 1. The molecule has 2 heterocycles. The van der Waals surface area contributed by atoms with Gasteiger partial charge >= 0.3 is 5.97 Å². The quantitative estimate of drug-likeness (QED) is 0.596. The number of ether oxygens (including phenoxy) is 2. The van der Waals surface area contributed by atoms with Crippen LogP contribution < -0.4 is 0 Å². The molecule has 0 radical (unpaired) electrons. The predicted molar refractivity (Wildman–Crippen MR) is 85.2 cm³/mol. The van der Waals surface area contributed by atoms with Crippen molar-refractivity contribution in [2.24, 2.45) is 0 Å². The van der Waals surface area contributed by atoms with Crippen LogP contribution in [-0.2, 0) is 19.1 Å². The minimum Gasteiger partial charge on any atom is -0.462 e. The summed E-state index contributed by atoms with van der Waals surface area (Å²) in [6.07, 6.45) is 1.75. The van der Waals surface area contributed by atoms with E-state index in [0.29, 0.717) is 30.0 Å². The van der Waals surface area contributed by atoms with Crippen LogP contribution in [0.1, 0.15) is 18.7 Å². The van der Waals surface area contributed by atoms with E-state index < -0.39 is 5.97 Å². The van der Waals surface area contributed by atoms with Gasteiger partial charge in [0.15, 0.2) is 0 Å². The highest BCUT2D eigenvalue weighted by molar-refractivity contribution is 7.10. The molecule has 0 spiro atoms. The average Bonchev–Trinajstić information content (AvgIpc) is 3.07. The molecule has 118 valence electrons. The maximum Gasteiger partial charge on any atom is 0.340 e. The fraction of sp³-hybridized carbons (Fsp3) is 0.375. The van der Waals surface area contributed by atoms with E-state index in [1.165, 1.54) is 11.3 Å². The lowest BCUT2D eigenvalue weighted by atomic mass is 10.1. The van der Waals surface area contributed by atoms with E-state index in [0.717, 1.165) is 4.88 Å². The summed E-state index contributed by atoms with van der Waals surface area (Å²) in [6.45, 7) is 4.59. The van der Waals surface area contributed by atoms with Gasteiger partial charge in [-0.25, -0.2) is 4.79 Å². The first-order chi connectivity index (χ1) is 10.6. The fourth-order valence-corrected chi connectivity index (χ4v) is 2.95. The van der Waals surface area contributed by atoms with E-state index in [1.54, 1.807) is 31.9 Å². The van der Waals surface area contributed by atoms with Crippen molar-refractivity contribution in [3.05, 3.63) is 39.2 Å². The lowest BCUT2D eigenvalue weighted by Gasteiger charge is -2.16. The number of carbonyl (C=O) groups excluding carboxylic acids is 2. The van der Waals surface area contributed by atoms with E-state index in [4.69, 9.17) is 9.47 Å².